The Hall–Kier alpha value is -4.10. The van der Waals surface area contributed by atoms with Gasteiger partial charge in [-0.1, -0.05) is 24.3 Å². The molecule has 194 valence electrons. The van der Waals surface area contributed by atoms with Crippen LogP contribution in [0.25, 0.3) is 16.8 Å². The number of carbonyl (C=O) groups excluding carboxylic acids is 1. The third-order valence-electron chi connectivity index (χ3n) is 7.23. The van der Waals surface area contributed by atoms with Gasteiger partial charge in [0, 0.05) is 42.6 Å². The van der Waals surface area contributed by atoms with E-state index < -0.39 is 0 Å². The van der Waals surface area contributed by atoms with Gasteiger partial charge < -0.3 is 19.1 Å². The topological polar surface area (TPSA) is 65.8 Å². The number of amides is 1. The molecule has 1 fully saturated rings. The molecule has 4 aromatic rings. The summed E-state index contributed by atoms with van der Waals surface area (Å²) in [6, 6.07) is 21.9. The third kappa shape index (κ3) is 5.02. The van der Waals surface area contributed by atoms with Gasteiger partial charge in [-0.2, -0.15) is 5.10 Å². The zero-order valence-corrected chi connectivity index (χ0v) is 21.5. The van der Waals surface area contributed by atoms with E-state index in [1.54, 1.807) is 10.9 Å². The van der Waals surface area contributed by atoms with Crippen molar-refractivity contribution in [2.75, 3.05) is 33.0 Å². The molecule has 1 aromatic heterocycles. The smallest absolute Gasteiger partial charge is 0.254 e. The van der Waals surface area contributed by atoms with Gasteiger partial charge in [-0.05, 0) is 72.5 Å². The van der Waals surface area contributed by atoms with Gasteiger partial charge in [0.25, 0.3) is 5.91 Å². The summed E-state index contributed by atoms with van der Waals surface area (Å²) in [7, 11) is 0. The van der Waals surface area contributed by atoms with Crippen molar-refractivity contribution in [3.05, 3.63) is 95.8 Å². The maximum Gasteiger partial charge on any atom is 0.254 e. The van der Waals surface area contributed by atoms with Crippen LogP contribution < -0.4 is 9.47 Å². The van der Waals surface area contributed by atoms with Gasteiger partial charge >= 0.3 is 0 Å². The molecule has 38 heavy (non-hydrogen) atoms. The molecule has 3 heterocycles. The van der Waals surface area contributed by atoms with Gasteiger partial charge in [-0.25, -0.2) is 4.68 Å². The number of fused-ring (bicyclic) bond motifs is 1. The van der Waals surface area contributed by atoms with Crippen molar-refractivity contribution in [2.24, 2.45) is 5.92 Å². The van der Waals surface area contributed by atoms with Gasteiger partial charge in [0.15, 0.2) is 11.5 Å². The summed E-state index contributed by atoms with van der Waals surface area (Å²) >= 11 is 0. The minimum atomic E-state index is -0.0275. The van der Waals surface area contributed by atoms with Gasteiger partial charge in [-0.3, -0.25) is 4.79 Å². The molecule has 0 radical (unpaired) electrons. The molecule has 3 aromatic carbocycles. The van der Waals surface area contributed by atoms with E-state index in [2.05, 4.69) is 36.3 Å². The molecular weight excluding hydrogens is 478 g/mol. The van der Waals surface area contributed by atoms with Crippen LogP contribution in [0.15, 0.2) is 79.1 Å². The third-order valence-corrected chi connectivity index (χ3v) is 7.23. The van der Waals surface area contributed by atoms with Crippen molar-refractivity contribution in [3.8, 4) is 28.3 Å². The van der Waals surface area contributed by atoms with Gasteiger partial charge in [0.05, 0.1) is 25.4 Å². The molecule has 2 aliphatic rings. The second-order valence-corrected chi connectivity index (χ2v) is 9.89. The summed E-state index contributed by atoms with van der Waals surface area (Å²) in [6.07, 6.45) is 4.62. The highest BCUT2D eigenvalue weighted by atomic mass is 16.5. The van der Waals surface area contributed by atoms with E-state index >= 15 is 0 Å². The van der Waals surface area contributed by atoms with Crippen molar-refractivity contribution in [3.63, 3.8) is 0 Å². The zero-order valence-electron chi connectivity index (χ0n) is 21.5. The highest BCUT2D eigenvalue weighted by Gasteiger charge is 2.26. The Balaban J connectivity index is 1.30. The highest BCUT2D eigenvalue weighted by molar-refractivity contribution is 5.94. The van der Waals surface area contributed by atoms with Crippen molar-refractivity contribution in [2.45, 2.75) is 19.9 Å². The average Bonchev–Trinajstić information content (AvgIpc) is 3.63. The van der Waals surface area contributed by atoms with Gasteiger partial charge in [0.1, 0.15) is 6.61 Å². The van der Waals surface area contributed by atoms with Gasteiger partial charge in [-0.15, -0.1) is 0 Å². The van der Waals surface area contributed by atoms with Crippen LogP contribution in [0.4, 0.5) is 0 Å². The molecule has 0 N–H and O–H groups in total. The van der Waals surface area contributed by atoms with Crippen molar-refractivity contribution < 1.29 is 19.0 Å². The first kappa shape index (κ1) is 24.2. The molecule has 0 bridgehead atoms. The second-order valence-electron chi connectivity index (χ2n) is 9.89. The molecular formula is C31H31N3O4. The summed E-state index contributed by atoms with van der Waals surface area (Å²) in [6.45, 7) is 5.53. The fourth-order valence-corrected chi connectivity index (χ4v) is 5.10. The normalized spacial score (nSPS) is 17.0. The number of ether oxygens (including phenoxy) is 3. The molecule has 7 heteroatoms. The van der Waals surface area contributed by atoms with Crippen LogP contribution in [0.3, 0.4) is 0 Å². The van der Waals surface area contributed by atoms with Crippen LogP contribution in [0, 0.1) is 12.8 Å². The Morgan fingerprint density at radius 1 is 1.08 bits per heavy atom. The number of hydrogen-bond donors (Lipinski definition) is 0. The van der Waals surface area contributed by atoms with Crippen LogP contribution >= 0.6 is 0 Å². The summed E-state index contributed by atoms with van der Waals surface area (Å²) in [5.41, 5.74) is 5.87. The van der Waals surface area contributed by atoms with E-state index in [9.17, 15) is 4.79 Å². The number of carbonyl (C=O) groups is 1. The number of aryl methyl sites for hydroxylation is 1. The molecule has 6 rings (SSSR count). The van der Waals surface area contributed by atoms with E-state index in [0.717, 1.165) is 53.5 Å². The number of aromatic nitrogens is 2. The Kier molecular flexibility index (Phi) is 6.84. The van der Waals surface area contributed by atoms with E-state index in [1.807, 2.05) is 53.6 Å². The van der Waals surface area contributed by atoms with Crippen LogP contribution in [0.1, 0.15) is 27.9 Å². The first-order valence-corrected chi connectivity index (χ1v) is 13.1. The van der Waals surface area contributed by atoms with E-state index in [0.29, 0.717) is 37.8 Å². The molecule has 7 nitrogen and oxygen atoms in total. The fraction of sp³-hybridized carbons (Fsp3) is 0.290. The predicted molar refractivity (Wildman–Crippen MR) is 145 cm³/mol. The fourth-order valence-electron chi connectivity index (χ4n) is 5.10. The van der Waals surface area contributed by atoms with Crippen LogP contribution in [-0.4, -0.2) is 53.6 Å². The van der Waals surface area contributed by atoms with Crippen molar-refractivity contribution >= 4 is 5.91 Å². The maximum absolute atomic E-state index is 13.6. The lowest BCUT2D eigenvalue weighted by molar-refractivity contribution is 0.0733. The summed E-state index contributed by atoms with van der Waals surface area (Å²) in [5, 5.41) is 4.26. The number of benzene rings is 3. The SMILES string of the molecule is Cc1ccccc1-c1cc2c(c(OC[C@@H]3CCOC3)c1)OCCN(C(=O)c1ccc(-n3cccn3)cc1)C2. The summed E-state index contributed by atoms with van der Waals surface area (Å²) in [4.78, 5) is 15.4. The lowest BCUT2D eigenvalue weighted by Gasteiger charge is -2.21. The summed E-state index contributed by atoms with van der Waals surface area (Å²) < 4.78 is 19.9. The quantitative estimate of drug-likeness (QED) is 0.353. The standard InChI is InChI=1S/C31H31N3O4/c1-22-5-2-3-6-28(22)25-17-26-19-33(31(35)24-7-9-27(10-8-24)34-13-4-12-32-34)14-16-37-30(26)29(18-25)38-21-23-11-15-36-20-23/h2-10,12-13,17-18,23H,11,14-16,19-21H2,1H3/t23-/m1/s1. The second kappa shape index (κ2) is 10.7. The van der Waals surface area contributed by atoms with Gasteiger partial charge in [0.2, 0.25) is 0 Å². The Morgan fingerprint density at radius 3 is 2.71 bits per heavy atom. The Labute approximate surface area is 222 Å². The van der Waals surface area contributed by atoms with Crippen LogP contribution in [0.5, 0.6) is 11.5 Å². The monoisotopic (exact) mass is 509 g/mol. The van der Waals surface area contributed by atoms with Crippen LogP contribution in [-0.2, 0) is 11.3 Å². The molecule has 0 unspecified atom stereocenters. The highest BCUT2D eigenvalue weighted by Crippen LogP contribution is 2.40. The zero-order chi connectivity index (χ0) is 25.9. The first-order valence-electron chi connectivity index (χ1n) is 13.1. The minimum Gasteiger partial charge on any atom is -0.489 e. The lowest BCUT2D eigenvalue weighted by Crippen LogP contribution is -2.32. The summed E-state index contributed by atoms with van der Waals surface area (Å²) in [5.74, 6) is 1.80. The average molecular weight is 510 g/mol. The molecule has 0 aliphatic carbocycles. The van der Waals surface area contributed by atoms with E-state index in [1.165, 1.54) is 5.56 Å². The largest absolute Gasteiger partial charge is 0.489 e. The first-order chi connectivity index (χ1) is 18.7. The molecule has 2 aliphatic heterocycles. The Morgan fingerprint density at radius 2 is 1.95 bits per heavy atom. The molecule has 1 saturated heterocycles. The van der Waals surface area contributed by atoms with Crippen molar-refractivity contribution in [1.82, 2.24) is 14.7 Å². The molecule has 0 saturated carbocycles. The molecule has 1 amide bonds. The number of nitrogens with zero attached hydrogens (tertiary/aromatic N) is 3. The van der Waals surface area contributed by atoms with Crippen molar-refractivity contribution in [1.29, 1.82) is 0 Å². The molecule has 0 spiro atoms. The number of hydrogen-bond acceptors (Lipinski definition) is 5. The predicted octanol–water partition coefficient (Wildman–Crippen LogP) is 5.30. The van der Waals surface area contributed by atoms with Crippen LogP contribution in [0.2, 0.25) is 0 Å². The maximum atomic E-state index is 13.6. The Bertz CT molecular complexity index is 1410. The molecule has 1 atom stereocenters. The lowest BCUT2D eigenvalue weighted by atomic mass is 9.97. The minimum absolute atomic E-state index is 0.0275. The van der Waals surface area contributed by atoms with E-state index in [-0.39, 0.29) is 5.91 Å². The number of rotatable bonds is 6. The van der Waals surface area contributed by atoms with E-state index in [4.69, 9.17) is 14.2 Å².